The van der Waals surface area contributed by atoms with Gasteiger partial charge in [0.2, 0.25) is 5.91 Å². The number of carbonyl (C=O) groups excluding carboxylic acids is 2. The summed E-state index contributed by atoms with van der Waals surface area (Å²) in [5.41, 5.74) is 6.31. The monoisotopic (exact) mass is 289 g/mol. The number of amides is 2. The lowest BCUT2D eigenvalue weighted by Crippen LogP contribution is -2.48. The molecule has 1 aromatic carbocycles. The molecular formula is C16H23N3O2. The van der Waals surface area contributed by atoms with Crippen molar-refractivity contribution in [1.29, 1.82) is 0 Å². The largest absolute Gasteiger partial charge is 0.343 e. The van der Waals surface area contributed by atoms with Crippen LogP contribution in [0.2, 0.25) is 0 Å². The number of rotatable bonds is 4. The lowest BCUT2D eigenvalue weighted by molar-refractivity contribution is -0.132. The minimum absolute atomic E-state index is 0.0374. The van der Waals surface area contributed by atoms with Gasteiger partial charge in [-0.05, 0) is 36.9 Å². The normalized spacial score (nSPS) is 21.9. The Labute approximate surface area is 125 Å². The fraction of sp³-hybridized carbons (Fsp3) is 0.500. The third-order valence-electron chi connectivity index (χ3n) is 4.21. The lowest BCUT2D eigenvalue weighted by atomic mass is 9.87. The summed E-state index contributed by atoms with van der Waals surface area (Å²) in [5.74, 6) is 0.653. The summed E-state index contributed by atoms with van der Waals surface area (Å²) in [6.45, 7) is 4.26. The van der Waals surface area contributed by atoms with Gasteiger partial charge in [-0.3, -0.25) is 9.59 Å². The van der Waals surface area contributed by atoms with E-state index in [4.69, 9.17) is 5.73 Å². The molecule has 0 saturated carbocycles. The zero-order valence-electron chi connectivity index (χ0n) is 12.4. The Bertz CT molecular complexity index is 490. The molecular weight excluding hydrogens is 266 g/mol. The van der Waals surface area contributed by atoms with Gasteiger partial charge in [-0.1, -0.05) is 25.1 Å². The molecule has 0 spiro atoms. The quantitative estimate of drug-likeness (QED) is 0.863. The van der Waals surface area contributed by atoms with Gasteiger partial charge in [0, 0.05) is 18.7 Å². The number of benzene rings is 1. The lowest BCUT2D eigenvalue weighted by Gasteiger charge is -2.36. The maximum absolute atomic E-state index is 12.2. The van der Waals surface area contributed by atoms with Gasteiger partial charge in [-0.25, -0.2) is 0 Å². The number of likely N-dealkylation sites (tertiary alicyclic amines) is 1. The standard InChI is InChI=1S/C16H23N3O2/c1-12-7-8-19(11-14(12)9-17)15(20)10-18-16(21)13-5-3-2-4-6-13/h2-6,12,14H,7-11,17H2,1H3,(H,18,21). The number of nitrogens with zero attached hydrogens (tertiary/aromatic N) is 1. The van der Waals surface area contributed by atoms with Crippen molar-refractivity contribution in [2.75, 3.05) is 26.2 Å². The number of piperidine rings is 1. The van der Waals surface area contributed by atoms with Gasteiger partial charge in [0.1, 0.15) is 0 Å². The molecule has 0 aliphatic carbocycles. The van der Waals surface area contributed by atoms with Crippen molar-refractivity contribution in [2.45, 2.75) is 13.3 Å². The molecule has 21 heavy (non-hydrogen) atoms. The molecule has 2 unspecified atom stereocenters. The molecule has 2 atom stereocenters. The van der Waals surface area contributed by atoms with Crippen LogP contribution < -0.4 is 11.1 Å². The molecule has 1 fully saturated rings. The molecule has 114 valence electrons. The average molecular weight is 289 g/mol. The van der Waals surface area contributed by atoms with Gasteiger partial charge in [0.05, 0.1) is 6.54 Å². The van der Waals surface area contributed by atoms with Gasteiger partial charge in [0.15, 0.2) is 0 Å². The van der Waals surface area contributed by atoms with Crippen molar-refractivity contribution in [2.24, 2.45) is 17.6 Å². The van der Waals surface area contributed by atoms with E-state index in [9.17, 15) is 9.59 Å². The first-order valence-corrected chi connectivity index (χ1v) is 7.43. The highest BCUT2D eigenvalue weighted by Gasteiger charge is 2.27. The van der Waals surface area contributed by atoms with Gasteiger partial charge in [-0.2, -0.15) is 0 Å². The van der Waals surface area contributed by atoms with Crippen molar-refractivity contribution in [3.63, 3.8) is 0 Å². The van der Waals surface area contributed by atoms with Crippen LogP contribution in [0.4, 0.5) is 0 Å². The van der Waals surface area contributed by atoms with E-state index >= 15 is 0 Å². The summed E-state index contributed by atoms with van der Waals surface area (Å²) in [4.78, 5) is 25.9. The van der Waals surface area contributed by atoms with E-state index in [0.29, 0.717) is 30.5 Å². The Morgan fingerprint density at radius 1 is 1.33 bits per heavy atom. The van der Waals surface area contributed by atoms with Crippen molar-refractivity contribution < 1.29 is 9.59 Å². The fourth-order valence-electron chi connectivity index (χ4n) is 2.64. The molecule has 1 aliphatic rings. The molecule has 5 nitrogen and oxygen atoms in total. The highest BCUT2D eigenvalue weighted by atomic mass is 16.2. The third kappa shape index (κ3) is 4.04. The van der Waals surface area contributed by atoms with E-state index < -0.39 is 0 Å². The SMILES string of the molecule is CC1CCN(C(=O)CNC(=O)c2ccccc2)CC1CN. The summed E-state index contributed by atoms with van der Waals surface area (Å²) in [5, 5.41) is 2.68. The zero-order chi connectivity index (χ0) is 15.2. The molecule has 5 heteroatoms. The molecule has 1 aliphatic heterocycles. The van der Waals surface area contributed by atoms with Crippen LogP contribution in [-0.2, 0) is 4.79 Å². The van der Waals surface area contributed by atoms with E-state index in [1.165, 1.54) is 0 Å². The van der Waals surface area contributed by atoms with E-state index in [1.807, 2.05) is 11.0 Å². The van der Waals surface area contributed by atoms with Gasteiger partial charge in [-0.15, -0.1) is 0 Å². The van der Waals surface area contributed by atoms with Crippen LogP contribution in [0.15, 0.2) is 30.3 Å². The summed E-state index contributed by atoms with van der Waals surface area (Å²) < 4.78 is 0. The molecule has 3 N–H and O–H groups in total. The van der Waals surface area contributed by atoms with Gasteiger partial charge >= 0.3 is 0 Å². The van der Waals surface area contributed by atoms with Crippen LogP contribution in [0.25, 0.3) is 0 Å². The molecule has 1 aromatic rings. The van der Waals surface area contributed by atoms with Crippen molar-refractivity contribution >= 4 is 11.8 Å². The zero-order valence-corrected chi connectivity index (χ0v) is 12.4. The summed E-state index contributed by atoms with van der Waals surface area (Å²) in [6.07, 6.45) is 0.972. The van der Waals surface area contributed by atoms with E-state index in [0.717, 1.165) is 13.0 Å². The van der Waals surface area contributed by atoms with Crippen LogP contribution in [0.3, 0.4) is 0 Å². The molecule has 0 bridgehead atoms. The molecule has 2 rings (SSSR count). The highest BCUT2D eigenvalue weighted by molar-refractivity contribution is 5.96. The number of hydrogen-bond acceptors (Lipinski definition) is 3. The topological polar surface area (TPSA) is 75.4 Å². The van der Waals surface area contributed by atoms with Crippen molar-refractivity contribution in [3.8, 4) is 0 Å². The van der Waals surface area contributed by atoms with Gasteiger partial charge in [0.25, 0.3) is 5.91 Å². The predicted molar refractivity (Wildman–Crippen MR) is 81.7 cm³/mol. The van der Waals surface area contributed by atoms with Crippen LogP contribution in [-0.4, -0.2) is 42.9 Å². The smallest absolute Gasteiger partial charge is 0.251 e. The van der Waals surface area contributed by atoms with Crippen LogP contribution in [0.5, 0.6) is 0 Å². The Morgan fingerprint density at radius 3 is 2.71 bits per heavy atom. The van der Waals surface area contributed by atoms with Crippen LogP contribution in [0.1, 0.15) is 23.7 Å². The third-order valence-corrected chi connectivity index (χ3v) is 4.21. The summed E-state index contributed by atoms with van der Waals surface area (Å²) in [7, 11) is 0. The second-order valence-electron chi connectivity index (χ2n) is 5.65. The Balaban J connectivity index is 1.83. The fourth-order valence-corrected chi connectivity index (χ4v) is 2.64. The second kappa shape index (κ2) is 7.22. The minimum Gasteiger partial charge on any atom is -0.343 e. The highest BCUT2D eigenvalue weighted by Crippen LogP contribution is 2.22. The number of carbonyl (C=O) groups is 2. The maximum atomic E-state index is 12.2. The molecule has 1 saturated heterocycles. The van der Waals surface area contributed by atoms with Crippen molar-refractivity contribution in [3.05, 3.63) is 35.9 Å². The van der Waals surface area contributed by atoms with Crippen molar-refractivity contribution in [1.82, 2.24) is 10.2 Å². The minimum atomic E-state index is -0.218. The number of nitrogens with two attached hydrogens (primary N) is 1. The molecule has 2 amide bonds. The van der Waals surface area contributed by atoms with Crippen LogP contribution >= 0.6 is 0 Å². The number of nitrogens with one attached hydrogen (secondary N) is 1. The van der Waals surface area contributed by atoms with Crippen LogP contribution in [0, 0.1) is 11.8 Å². The van der Waals surface area contributed by atoms with E-state index in [2.05, 4.69) is 12.2 Å². The Hall–Kier alpha value is -1.88. The first kappa shape index (κ1) is 15.5. The molecule has 1 heterocycles. The summed E-state index contributed by atoms with van der Waals surface area (Å²) >= 11 is 0. The maximum Gasteiger partial charge on any atom is 0.251 e. The Kier molecular flexibility index (Phi) is 5.33. The predicted octanol–water partition coefficient (Wildman–Crippen LogP) is 0.860. The first-order valence-electron chi connectivity index (χ1n) is 7.43. The summed E-state index contributed by atoms with van der Waals surface area (Å²) in [6, 6.07) is 8.91. The van der Waals surface area contributed by atoms with Gasteiger partial charge < -0.3 is 16.0 Å². The number of hydrogen-bond donors (Lipinski definition) is 2. The first-order chi connectivity index (χ1) is 10.1. The van der Waals surface area contributed by atoms with E-state index in [-0.39, 0.29) is 18.4 Å². The Morgan fingerprint density at radius 2 is 2.05 bits per heavy atom. The second-order valence-corrected chi connectivity index (χ2v) is 5.65. The molecule has 0 aromatic heterocycles. The molecule has 0 radical (unpaired) electrons. The average Bonchev–Trinajstić information content (AvgIpc) is 2.53. The van der Waals surface area contributed by atoms with E-state index in [1.54, 1.807) is 24.3 Å².